The van der Waals surface area contributed by atoms with E-state index in [1.54, 1.807) is 0 Å². The lowest BCUT2D eigenvalue weighted by Gasteiger charge is -2.21. The molecule has 1 aliphatic rings. The summed E-state index contributed by atoms with van der Waals surface area (Å²) in [5, 5.41) is 13.5. The molecule has 17 heavy (non-hydrogen) atoms. The summed E-state index contributed by atoms with van der Waals surface area (Å²) in [7, 11) is 1.92. The van der Waals surface area contributed by atoms with E-state index in [9.17, 15) is 4.79 Å². The van der Waals surface area contributed by atoms with Crippen molar-refractivity contribution in [2.24, 2.45) is 7.05 Å². The van der Waals surface area contributed by atoms with E-state index in [0.717, 1.165) is 30.8 Å². The van der Waals surface area contributed by atoms with E-state index in [0.29, 0.717) is 6.54 Å². The van der Waals surface area contributed by atoms with Gasteiger partial charge in [0.15, 0.2) is 0 Å². The highest BCUT2D eigenvalue weighted by molar-refractivity contribution is 5.73. The van der Waals surface area contributed by atoms with Crippen LogP contribution in [-0.2, 0) is 18.4 Å². The zero-order valence-corrected chi connectivity index (χ0v) is 10.6. The van der Waals surface area contributed by atoms with E-state index < -0.39 is 5.97 Å². The van der Waals surface area contributed by atoms with Gasteiger partial charge in [-0.3, -0.25) is 14.4 Å². The second-order valence-electron chi connectivity index (χ2n) is 4.74. The monoisotopic (exact) mass is 237 g/mol. The molecule has 1 aromatic heterocycles. The van der Waals surface area contributed by atoms with Crippen molar-refractivity contribution in [3.8, 4) is 0 Å². The molecule has 1 unspecified atom stereocenters. The number of aliphatic carboxylic acids is 1. The molecule has 1 aliphatic heterocycles. The fraction of sp³-hybridized carbons (Fsp3) is 0.667. The number of nitrogens with zero attached hydrogens (tertiary/aromatic N) is 3. The Morgan fingerprint density at radius 3 is 2.76 bits per heavy atom. The van der Waals surface area contributed by atoms with E-state index >= 15 is 0 Å². The predicted molar refractivity (Wildman–Crippen MR) is 63.7 cm³/mol. The molecule has 0 aliphatic carbocycles. The van der Waals surface area contributed by atoms with Crippen LogP contribution in [0, 0.1) is 13.8 Å². The molecule has 94 valence electrons. The largest absolute Gasteiger partial charge is 0.480 e. The van der Waals surface area contributed by atoms with Gasteiger partial charge in [-0.2, -0.15) is 5.10 Å². The number of rotatable bonds is 3. The van der Waals surface area contributed by atoms with Crippen LogP contribution in [0.25, 0.3) is 0 Å². The molecule has 1 aromatic rings. The molecule has 1 saturated heterocycles. The maximum Gasteiger partial charge on any atom is 0.320 e. The Bertz CT molecular complexity index is 439. The predicted octanol–water partition coefficient (Wildman–Crippen LogP) is 1.09. The fourth-order valence-corrected chi connectivity index (χ4v) is 2.54. The zero-order valence-electron chi connectivity index (χ0n) is 10.6. The van der Waals surface area contributed by atoms with Crippen LogP contribution >= 0.6 is 0 Å². The Hall–Kier alpha value is -1.36. The molecule has 0 spiro atoms. The molecule has 1 atom stereocenters. The lowest BCUT2D eigenvalue weighted by molar-refractivity contribution is -0.142. The summed E-state index contributed by atoms with van der Waals surface area (Å²) in [4.78, 5) is 13.2. The molecule has 5 heteroatoms. The summed E-state index contributed by atoms with van der Waals surface area (Å²) in [5.74, 6) is -0.707. The second kappa shape index (κ2) is 4.49. The van der Waals surface area contributed by atoms with E-state index in [1.165, 1.54) is 5.56 Å². The van der Waals surface area contributed by atoms with Crippen molar-refractivity contribution >= 4 is 5.97 Å². The van der Waals surface area contributed by atoms with Crippen LogP contribution in [0.4, 0.5) is 0 Å². The van der Waals surface area contributed by atoms with E-state index in [-0.39, 0.29) is 6.04 Å². The molecule has 1 N–H and O–H groups in total. The quantitative estimate of drug-likeness (QED) is 0.854. The number of carboxylic acids is 1. The van der Waals surface area contributed by atoms with Crippen LogP contribution in [0.2, 0.25) is 0 Å². The summed E-state index contributed by atoms with van der Waals surface area (Å²) in [6.45, 7) is 5.57. The van der Waals surface area contributed by atoms with Crippen molar-refractivity contribution in [1.82, 2.24) is 14.7 Å². The first-order valence-corrected chi connectivity index (χ1v) is 5.96. The lowest BCUT2D eigenvalue weighted by atomic mass is 10.1. The lowest BCUT2D eigenvalue weighted by Crippen LogP contribution is -2.35. The molecular formula is C12H19N3O2. The van der Waals surface area contributed by atoms with Gasteiger partial charge in [-0.05, 0) is 33.2 Å². The van der Waals surface area contributed by atoms with E-state index in [1.807, 2.05) is 30.5 Å². The van der Waals surface area contributed by atoms with Crippen LogP contribution in [0.5, 0.6) is 0 Å². The van der Waals surface area contributed by atoms with Gasteiger partial charge in [-0.1, -0.05) is 0 Å². The highest BCUT2D eigenvalue weighted by Crippen LogP contribution is 2.22. The third-order valence-corrected chi connectivity index (χ3v) is 3.67. The number of aryl methyl sites for hydroxylation is 2. The average molecular weight is 237 g/mol. The van der Waals surface area contributed by atoms with Crippen molar-refractivity contribution in [2.45, 2.75) is 39.3 Å². The molecule has 0 aromatic carbocycles. The van der Waals surface area contributed by atoms with Gasteiger partial charge >= 0.3 is 5.97 Å². The van der Waals surface area contributed by atoms with Gasteiger partial charge in [0.25, 0.3) is 0 Å². The van der Waals surface area contributed by atoms with Gasteiger partial charge < -0.3 is 5.11 Å². The van der Waals surface area contributed by atoms with Gasteiger partial charge in [0.1, 0.15) is 6.04 Å². The molecular weight excluding hydrogens is 218 g/mol. The number of carbonyl (C=O) groups is 1. The van der Waals surface area contributed by atoms with Gasteiger partial charge in [-0.25, -0.2) is 0 Å². The Kier molecular flexibility index (Phi) is 3.19. The summed E-state index contributed by atoms with van der Waals surface area (Å²) in [5.41, 5.74) is 3.29. The number of likely N-dealkylation sites (tertiary alicyclic amines) is 1. The molecule has 0 radical (unpaired) electrons. The molecule has 0 bridgehead atoms. The highest BCUT2D eigenvalue weighted by atomic mass is 16.4. The molecule has 5 nitrogen and oxygen atoms in total. The Labute approximate surface area is 101 Å². The van der Waals surface area contributed by atoms with Gasteiger partial charge in [0.05, 0.1) is 5.69 Å². The summed E-state index contributed by atoms with van der Waals surface area (Å²) >= 11 is 0. The Morgan fingerprint density at radius 1 is 1.53 bits per heavy atom. The summed E-state index contributed by atoms with van der Waals surface area (Å²) in [6.07, 6.45) is 1.73. The maximum atomic E-state index is 11.1. The van der Waals surface area contributed by atoms with Crippen LogP contribution in [0.1, 0.15) is 29.8 Å². The van der Waals surface area contributed by atoms with Crippen LogP contribution < -0.4 is 0 Å². The number of aromatic nitrogens is 2. The Morgan fingerprint density at radius 2 is 2.24 bits per heavy atom. The number of hydrogen-bond donors (Lipinski definition) is 1. The zero-order chi connectivity index (χ0) is 12.6. The van der Waals surface area contributed by atoms with Crippen molar-refractivity contribution in [2.75, 3.05) is 6.54 Å². The third-order valence-electron chi connectivity index (χ3n) is 3.67. The highest BCUT2D eigenvalue weighted by Gasteiger charge is 2.31. The molecule has 1 fully saturated rings. The smallest absolute Gasteiger partial charge is 0.320 e. The van der Waals surface area contributed by atoms with E-state index in [2.05, 4.69) is 5.10 Å². The third kappa shape index (κ3) is 2.20. The van der Waals surface area contributed by atoms with Crippen LogP contribution in [-0.4, -0.2) is 38.3 Å². The van der Waals surface area contributed by atoms with Gasteiger partial charge in [-0.15, -0.1) is 0 Å². The standard InChI is InChI=1S/C12H19N3O2/c1-8-10(9(2)14(3)13-8)7-15-6-4-5-11(15)12(16)17/h11H,4-7H2,1-3H3,(H,16,17). The van der Waals surface area contributed by atoms with Crippen molar-refractivity contribution < 1.29 is 9.90 Å². The van der Waals surface area contributed by atoms with Crippen LogP contribution in [0.15, 0.2) is 0 Å². The summed E-state index contributed by atoms with van der Waals surface area (Å²) in [6, 6.07) is -0.325. The topological polar surface area (TPSA) is 58.4 Å². The molecule has 2 rings (SSSR count). The average Bonchev–Trinajstić information content (AvgIpc) is 2.80. The van der Waals surface area contributed by atoms with Gasteiger partial charge in [0.2, 0.25) is 0 Å². The minimum atomic E-state index is -0.707. The minimum Gasteiger partial charge on any atom is -0.480 e. The maximum absolute atomic E-state index is 11.1. The SMILES string of the molecule is Cc1nn(C)c(C)c1CN1CCCC1C(=O)O. The minimum absolute atomic E-state index is 0.325. The summed E-state index contributed by atoms with van der Waals surface area (Å²) < 4.78 is 1.86. The Balaban J connectivity index is 2.18. The van der Waals surface area contributed by atoms with Crippen molar-refractivity contribution in [1.29, 1.82) is 0 Å². The first-order chi connectivity index (χ1) is 8.00. The molecule has 0 saturated carbocycles. The number of hydrogen-bond acceptors (Lipinski definition) is 3. The first kappa shape index (κ1) is 12.1. The molecule has 0 amide bonds. The van der Waals surface area contributed by atoms with Crippen LogP contribution in [0.3, 0.4) is 0 Å². The second-order valence-corrected chi connectivity index (χ2v) is 4.74. The first-order valence-electron chi connectivity index (χ1n) is 5.96. The van der Waals surface area contributed by atoms with E-state index in [4.69, 9.17) is 5.11 Å². The number of carboxylic acid groups (broad SMARTS) is 1. The van der Waals surface area contributed by atoms with Crippen molar-refractivity contribution in [3.05, 3.63) is 17.0 Å². The van der Waals surface area contributed by atoms with Gasteiger partial charge in [0, 0.05) is 24.8 Å². The fourth-order valence-electron chi connectivity index (χ4n) is 2.54. The van der Waals surface area contributed by atoms with Crippen molar-refractivity contribution in [3.63, 3.8) is 0 Å². The normalized spacial score (nSPS) is 21.0. The molecule has 2 heterocycles.